The van der Waals surface area contributed by atoms with Crippen molar-refractivity contribution in [3.63, 3.8) is 0 Å². The first-order valence-electron chi connectivity index (χ1n) is 10.4. The van der Waals surface area contributed by atoms with Crippen LogP contribution in [0.1, 0.15) is 30.3 Å². The van der Waals surface area contributed by atoms with E-state index in [0.29, 0.717) is 30.7 Å². The molecule has 2 unspecified atom stereocenters. The van der Waals surface area contributed by atoms with Crippen molar-refractivity contribution in [3.8, 4) is 0 Å². The molecule has 2 bridgehead atoms. The van der Waals surface area contributed by atoms with Gasteiger partial charge in [-0.05, 0) is 44.8 Å². The number of carbonyl (C=O) groups is 2. The van der Waals surface area contributed by atoms with Crippen molar-refractivity contribution in [1.29, 1.82) is 0 Å². The number of hydrogen-bond donors (Lipinski definition) is 1. The molecule has 0 aromatic carbocycles. The first kappa shape index (κ1) is 18.8. The summed E-state index contributed by atoms with van der Waals surface area (Å²) in [6.07, 6.45) is 4.11. The lowest BCUT2D eigenvalue weighted by Crippen LogP contribution is -2.62. The minimum Gasteiger partial charge on any atom is -0.359 e. The van der Waals surface area contributed by atoms with Crippen LogP contribution < -0.4 is 10.2 Å². The highest BCUT2D eigenvalue weighted by atomic mass is 32.1. The topological polar surface area (TPSA) is 68.8 Å². The fraction of sp³-hybridized carbons (Fsp3) is 0.571. The van der Waals surface area contributed by atoms with Crippen molar-refractivity contribution < 1.29 is 9.59 Å². The van der Waals surface area contributed by atoms with Crippen LogP contribution in [-0.4, -0.2) is 78.5 Å². The first-order valence-corrected chi connectivity index (χ1v) is 11.3. The molecular weight excluding hydrogens is 386 g/mol. The normalized spacial score (nSPS) is 29.5. The van der Waals surface area contributed by atoms with Crippen molar-refractivity contribution in [2.75, 3.05) is 44.7 Å². The van der Waals surface area contributed by atoms with Crippen molar-refractivity contribution in [2.45, 2.75) is 31.8 Å². The van der Waals surface area contributed by atoms with Crippen molar-refractivity contribution in [2.24, 2.45) is 5.92 Å². The summed E-state index contributed by atoms with van der Waals surface area (Å²) in [5.74, 6) is 0.596. The first-order chi connectivity index (χ1) is 14.0. The van der Waals surface area contributed by atoms with Crippen molar-refractivity contribution >= 4 is 38.9 Å². The maximum absolute atomic E-state index is 13.0. The summed E-state index contributed by atoms with van der Waals surface area (Å²) in [7, 11) is 1.84. The molecule has 0 saturated carbocycles. The molecule has 2 amide bonds. The lowest BCUT2D eigenvalue weighted by atomic mass is 9.79. The third kappa shape index (κ3) is 3.28. The number of carbonyl (C=O) groups excluding carboxylic acids is 2. The fourth-order valence-electron chi connectivity index (χ4n) is 5.02. The minimum atomic E-state index is -0.0934. The molecule has 2 atom stereocenters. The summed E-state index contributed by atoms with van der Waals surface area (Å²) in [5, 5.41) is 6.35. The van der Waals surface area contributed by atoms with Gasteiger partial charge in [-0.2, -0.15) is 0 Å². The predicted octanol–water partition coefficient (Wildman–Crippen LogP) is 1.79. The molecule has 8 heteroatoms. The molecule has 4 aliphatic heterocycles. The summed E-state index contributed by atoms with van der Waals surface area (Å²) < 4.78 is 1.04. The summed E-state index contributed by atoms with van der Waals surface area (Å²) in [4.78, 5) is 35.9. The molecule has 2 aromatic heterocycles. The molecule has 7 nitrogen and oxygen atoms in total. The van der Waals surface area contributed by atoms with Crippen LogP contribution in [0.2, 0.25) is 0 Å². The Labute approximate surface area is 174 Å². The lowest BCUT2D eigenvalue weighted by molar-refractivity contribution is -0.129. The average Bonchev–Trinajstić information content (AvgIpc) is 3.16. The number of aromatic nitrogens is 1. The number of likely N-dealkylation sites (N-methyl/N-ethyl adjacent to an activating group) is 1. The zero-order chi connectivity index (χ0) is 20.1. The van der Waals surface area contributed by atoms with Gasteiger partial charge in [0.1, 0.15) is 5.69 Å². The number of nitrogens with one attached hydrogen (secondary N) is 1. The van der Waals surface area contributed by atoms with E-state index < -0.39 is 0 Å². The Bertz CT molecular complexity index is 950. The van der Waals surface area contributed by atoms with Crippen LogP contribution in [0.3, 0.4) is 0 Å². The number of anilines is 1. The Morgan fingerprint density at radius 3 is 2.76 bits per heavy atom. The van der Waals surface area contributed by atoms with Gasteiger partial charge in [0.15, 0.2) is 0 Å². The Morgan fingerprint density at radius 2 is 2.03 bits per heavy atom. The number of amides is 2. The summed E-state index contributed by atoms with van der Waals surface area (Å²) >= 11 is 1.61. The van der Waals surface area contributed by atoms with Gasteiger partial charge in [-0.1, -0.05) is 0 Å². The second-order valence-electron chi connectivity index (χ2n) is 8.54. The molecule has 4 saturated heterocycles. The Balaban J connectivity index is 1.38. The van der Waals surface area contributed by atoms with E-state index in [2.05, 4.69) is 32.4 Å². The molecular formula is C21H27N5O2S. The van der Waals surface area contributed by atoms with E-state index in [1.807, 2.05) is 13.1 Å². The second-order valence-corrected chi connectivity index (χ2v) is 9.45. The molecule has 1 N–H and O–H groups in total. The number of rotatable bonds is 3. The quantitative estimate of drug-likeness (QED) is 0.831. The summed E-state index contributed by atoms with van der Waals surface area (Å²) in [6, 6.07) is 2.47. The van der Waals surface area contributed by atoms with Crippen LogP contribution in [0, 0.1) is 5.92 Å². The van der Waals surface area contributed by atoms with Gasteiger partial charge in [0.2, 0.25) is 5.91 Å². The molecule has 6 heterocycles. The highest BCUT2D eigenvalue weighted by Gasteiger charge is 2.40. The maximum atomic E-state index is 13.0. The number of piperazine rings is 1. The zero-order valence-electron chi connectivity index (χ0n) is 16.9. The van der Waals surface area contributed by atoms with Gasteiger partial charge < -0.3 is 15.1 Å². The third-order valence-corrected chi connectivity index (χ3v) is 7.87. The van der Waals surface area contributed by atoms with Gasteiger partial charge in [0.05, 0.1) is 16.9 Å². The minimum absolute atomic E-state index is 0.0934. The van der Waals surface area contributed by atoms with E-state index in [0.717, 1.165) is 48.2 Å². The van der Waals surface area contributed by atoms with E-state index in [-0.39, 0.29) is 17.9 Å². The lowest BCUT2D eigenvalue weighted by Gasteiger charge is -2.49. The van der Waals surface area contributed by atoms with Gasteiger partial charge in [0, 0.05) is 49.2 Å². The molecule has 4 fully saturated rings. The smallest absolute Gasteiger partial charge is 0.270 e. The maximum Gasteiger partial charge on any atom is 0.270 e. The highest BCUT2D eigenvalue weighted by Crippen LogP contribution is 2.35. The summed E-state index contributed by atoms with van der Waals surface area (Å²) in [6.45, 7) is 6.40. The number of hydrogen-bond acceptors (Lipinski definition) is 6. The van der Waals surface area contributed by atoms with Crippen molar-refractivity contribution in [1.82, 2.24) is 20.1 Å². The van der Waals surface area contributed by atoms with Gasteiger partial charge in [-0.15, -0.1) is 11.3 Å². The summed E-state index contributed by atoms with van der Waals surface area (Å²) in [5.41, 5.74) is 1.49. The average molecular weight is 414 g/mol. The van der Waals surface area contributed by atoms with Crippen LogP contribution in [0.5, 0.6) is 0 Å². The SMILES string of the molecule is CC1C(NC(=O)c2cc3c(N4CCN(C)C(=O)C4)csc3cn2)C2CCN1CC2. The predicted molar refractivity (Wildman–Crippen MR) is 114 cm³/mol. The van der Waals surface area contributed by atoms with Gasteiger partial charge in [-0.3, -0.25) is 14.5 Å². The van der Waals surface area contributed by atoms with Gasteiger partial charge >= 0.3 is 0 Å². The van der Waals surface area contributed by atoms with Gasteiger partial charge in [0.25, 0.3) is 5.91 Å². The Hall–Kier alpha value is -2.19. The van der Waals surface area contributed by atoms with Crippen LogP contribution >= 0.6 is 11.3 Å². The molecule has 0 radical (unpaired) electrons. The molecule has 2 aromatic rings. The highest BCUT2D eigenvalue weighted by molar-refractivity contribution is 7.17. The third-order valence-electron chi connectivity index (χ3n) is 6.95. The van der Waals surface area contributed by atoms with Crippen LogP contribution in [0.4, 0.5) is 5.69 Å². The van der Waals surface area contributed by atoms with Crippen molar-refractivity contribution in [3.05, 3.63) is 23.3 Å². The van der Waals surface area contributed by atoms with E-state index in [4.69, 9.17) is 0 Å². The largest absolute Gasteiger partial charge is 0.359 e. The van der Waals surface area contributed by atoms with Crippen LogP contribution in [0.25, 0.3) is 10.1 Å². The number of piperidine rings is 3. The number of fused-ring (bicyclic) bond motifs is 4. The van der Waals surface area contributed by atoms with Crippen LogP contribution in [-0.2, 0) is 4.79 Å². The van der Waals surface area contributed by atoms with E-state index in [1.165, 1.54) is 0 Å². The molecule has 0 spiro atoms. The standard InChI is InChI=1S/C21H27N5O2S/c1-13-20(14-3-5-25(13)6-4-14)23-21(28)16-9-15-17(12-29-18(15)10-22-16)26-8-7-24(2)19(27)11-26/h9-10,12-14,20H,3-8,11H2,1-2H3,(H,23,28). The monoisotopic (exact) mass is 413 g/mol. The number of pyridine rings is 1. The fourth-order valence-corrected chi connectivity index (χ4v) is 5.94. The Kier molecular flexibility index (Phi) is 4.70. The van der Waals surface area contributed by atoms with E-state index >= 15 is 0 Å². The molecule has 4 aliphatic rings. The number of nitrogens with zero attached hydrogens (tertiary/aromatic N) is 4. The molecule has 154 valence electrons. The van der Waals surface area contributed by atoms with E-state index in [1.54, 1.807) is 22.4 Å². The Morgan fingerprint density at radius 1 is 1.24 bits per heavy atom. The molecule has 0 aliphatic carbocycles. The second kappa shape index (κ2) is 7.25. The van der Waals surface area contributed by atoms with Gasteiger partial charge in [-0.25, -0.2) is 4.98 Å². The van der Waals surface area contributed by atoms with E-state index in [9.17, 15) is 9.59 Å². The molecule has 29 heavy (non-hydrogen) atoms. The molecule has 6 rings (SSSR count). The number of thiophene rings is 1. The zero-order valence-corrected chi connectivity index (χ0v) is 17.7. The van der Waals surface area contributed by atoms with Crippen LogP contribution in [0.15, 0.2) is 17.6 Å².